The van der Waals surface area contributed by atoms with Crippen LogP contribution in [0.25, 0.3) is 10.9 Å². The Kier molecular flexibility index (Phi) is 3.65. The molecule has 0 aliphatic rings. The Labute approximate surface area is 114 Å². The first-order valence-corrected chi connectivity index (χ1v) is 6.78. The largest absolute Gasteiger partial charge is 0.350 e. The normalized spacial score (nSPS) is 11.8. The molecule has 1 aromatic heterocycles. The van der Waals surface area contributed by atoms with Crippen molar-refractivity contribution in [3.63, 3.8) is 0 Å². The van der Waals surface area contributed by atoms with Crippen LogP contribution in [0.1, 0.15) is 32.8 Å². The van der Waals surface area contributed by atoms with E-state index in [1.807, 2.05) is 30.7 Å². The van der Waals surface area contributed by atoms with Gasteiger partial charge in [-0.3, -0.25) is 4.79 Å². The van der Waals surface area contributed by atoms with Gasteiger partial charge in [0.1, 0.15) is 6.54 Å². The molecule has 1 amide bonds. The van der Waals surface area contributed by atoms with Crippen LogP contribution in [0.4, 0.5) is 0 Å². The lowest BCUT2D eigenvalue weighted by atomic mass is 10.0. The van der Waals surface area contributed by atoms with E-state index in [9.17, 15) is 4.79 Å². The first-order chi connectivity index (χ1) is 8.91. The van der Waals surface area contributed by atoms with E-state index in [1.165, 1.54) is 10.9 Å². The Balaban J connectivity index is 2.17. The van der Waals surface area contributed by atoms with Crippen molar-refractivity contribution in [2.75, 3.05) is 0 Å². The highest BCUT2D eigenvalue weighted by atomic mass is 16.2. The fourth-order valence-electron chi connectivity index (χ4n) is 2.09. The molecule has 0 unspecified atom stereocenters. The molecule has 0 saturated heterocycles. The van der Waals surface area contributed by atoms with Gasteiger partial charge in [-0.05, 0) is 50.3 Å². The predicted molar refractivity (Wildman–Crippen MR) is 79.2 cm³/mol. The standard InChI is InChI=1S/C16H22N2O/c1-5-16(3,4)17-15(19)11-18-9-8-13-7-6-12(2)10-14(13)18/h6-10H,5,11H2,1-4H3,(H,17,19). The van der Waals surface area contributed by atoms with Gasteiger partial charge in [0.15, 0.2) is 0 Å². The van der Waals surface area contributed by atoms with Crippen LogP contribution >= 0.6 is 0 Å². The first kappa shape index (κ1) is 13.7. The molecular weight excluding hydrogens is 236 g/mol. The zero-order valence-corrected chi connectivity index (χ0v) is 12.2. The average Bonchev–Trinajstić information content (AvgIpc) is 2.71. The Morgan fingerprint density at radius 3 is 2.74 bits per heavy atom. The molecule has 0 aliphatic carbocycles. The number of rotatable bonds is 4. The molecule has 3 nitrogen and oxygen atoms in total. The quantitative estimate of drug-likeness (QED) is 0.897. The van der Waals surface area contributed by atoms with Crippen molar-refractivity contribution in [3.8, 4) is 0 Å². The highest BCUT2D eigenvalue weighted by Crippen LogP contribution is 2.17. The maximum Gasteiger partial charge on any atom is 0.240 e. The van der Waals surface area contributed by atoms with Crippen LogP contribution in [0.5, 0.6) is 0 Å². The lowest BCUT2D eigenvalue weighted by molar-refractivity contribution is -0.123. The summed E-state index contributed by atoms with van der Waals surface area (Å²) in [7, 11) is 0. The van der Waals surface area contributed by atoms with Gasteiger partial charge < -0.3 is 9.88 Å². The van der Waals surface area contributed by atoms with Crippen LogP contribution in [0, 0.1) is 6.92 Å². The van der Waals surface area contributed by atoms with Crippen molar-refractivity contribution in [3.05, 3.63) is 36.0 Å². The second-order valence-corrected chi connectivity index (χ2v) is 5.79. The van der Waals surface area contributed by atoms with Crippen LogP contribution in [0.15, 0.2) is 30.5 Å². The maximum absolute atomic E-state index is 12.1. The molecule has 2 aromatic rings. The Morgan fingerprint density at radius 2 is 2.05 bits per heavy atom. The Morgan fingerprint density at radius 1 is 1.32 bits per heavy atom. The number of hydrogen-bond acceptors (Lipinski definition) is 1. The molecule has 0 radical (unpaired) electrons. The topological polar surface area (TPSA) is 34.0 Å². The highest BCUT2D eigenvalue weighted by Gasteiger charge is 2.18. The SMILES string of the molecule is CCC(C)(C)NC(=O)Cn1ccc2ccc(C)cc21. The van der Waals surface area contributed by atoms with Crippen molar-refractivity contribution in [2.24, 2.45) is 0 Å². The van der Waals surface area contributed by atoms with Crippen LogP contribution in [0.3, 0.4) is 0 Å². The second-order valence-electron chi connectivity index (χ2n) is 5.79. The summed E-state index contributed by atoms with van der Waals surface area (Å²) in [5, 5.41) is 4.24. The summed E-state index contributed by atoms with van der Waals surface area (Å²) in [5.41, 5.74) is 2.18. The summed E-state index contributed by atoms with van der Waals surface area (Å²) in [5.74, 6) is 0.0610. The summed E-state index contributed by atoms with van der Waals surface area (Å²) in [6, 6.07) is 8.35. The van der Waals surface area contributed by atoms with Crippen LogP contribution < -0.4 is 5.32 Å². The minimum Gasteiger partial charge on any atom is -0.350 e. The summed E-state index contributed by atoms with van der Waals surface area (Å²) in [6.07, 6.45) is 2.90. The molecule has 0 bridgehead atoms. The molecular formula is C16H22N2O. The average molecular weight is 258 g/mol. The zero-order valence-electron chi connectivity index (χ0n) is 12.2. The fourth-order valence-corrected chi connectivity index (χ4v) is 2.09. The molecule has 1 N–H and O–H groups in total. The van der Waals surface area contributed by atoms with Gasteiger partial charge in [-0.25, -0.2) is 0 Å². The predicted octanol–water partition coefficient (Wildman–Crippen LogP) is 3.25. The molecule has 102 valence electrons. The number of hydrogen-bond donors (Lipinski definition) is 1. The third kappa shape index (κ3) is 3.16. The first-order valence-electron chi connectivity index (χ1n) is 6.78. The van der Waals surface area contributed by atoms with E-state index >= 15 is 0 Å². The molecule has 0 aliphatic heterocycles. The van der Waals surface area contributed by atoms with E-state index in [0.717, 1.165) is 11.9 Å². The molecule has 0 fully saturated rings. The maximum atomic E-state index is 12.1. The van der Waals surface area contributed by atoms with Gasteiger partial charge in [0.05, 0.1) is 0 Å². The van der Waals surface area contributed by atoms with Crippen molar-refractivity contribution >= 4 is 16.8 Å². The molecule has 0 saturated carbocycles. The monoisotopic (exact) mass is 258 g/mol. The number of nitrogens with one attached hydrogen (secondary N) is 1. The Hall–Kier alpha value is -1.77. The van der Waals surface area contributed by atoms with Crippen molar-refractivity contribution < 1.29 is 4.79 Å². The number of aryl methyl sites for hydroxylation is 1. The molecule has 0 atom stereocenters. The van der Waals surface area contributed by atoms with Crippen molar-refractivity contribution in [2.45, 2.75) is 46.2 Å². The molecule has 2 rings (SSSR count). The summed E-state index contributed by atoms with van der Waals surface area (Å²) in [6.45, 7) is 8.60. The highest BCUT2D eigenvalue weighted by molar-refractivity contribution is 5.84. The second kappa shape index (κ2) is 5.08. The van der Waals surface area contributed by atoms with Gasteiger partial charge in [0, 0.05) is 17.3 Å². The van der Waals surface area contributed by atoms with E-state index in [4.69, 9.17) is 0 Å². The number of carbonyl (C=O) groups excluding carboxylic acids is 1. The minimum atomic E-state index is -0.143. The third-order valence-electron chi connectivity index (χ3n) is 3.61. The lowest BCUT2D eigenvalue weighted by Crippen LogP contribution is -2.44. The number of carbonyl (C=O) groups is 1. The molecule has 3 heteroatoms. The third-order valence-corrected chi connectivity index (χ3v) is 3.61. The summed E-state index contributed by atoms with van der Waals surface area (Å²) >= 11 is 0. The number of benzene rings is 1. The fraction of sp³-hybridized carbons (Fsp3) is 0.438. The van der Waals surface area contributed by atoms with E-state index in [2.05, 4.69) is 37.4 Å². The van der Waals surface area contributed by atoms with Crippen LogP contribution in [-0.4, -0.2) is 16.0 Å². The molecule has 19 heavy (non-hydrogen) atoms. The molecule has 0 spiro atoms. The molecule has 1 aromatic carbocycles. The van der Waals surface area contributed by atoms with Crippen LogP contribution in [0.2, 0.25) is 0 Å². The van der Waals surface area contributed by atoms with Crippen molar-refractivity contribution in [1.82, 2.24) is 9.88 Å². The summed E-state index contributed by atoms with van der Waals surface area (Å²) in [4.78, 5) is 12.1. The van der Waals surface area contributed by atoms with Gasteiger partial charge in [-0.15, -0.1) is 0 Å². The number of nitrogens with zero attached hydrogens (tertiary/aromatic N) is 1. The van der Waals surface area contributed by atoms with Gasteiger partial charge >= 0.3 is 0 Å². The zero-order chi connectivity index (χ0) is 14.0. The van der Waals surface area contributed by atoms with Crippen molar-refractivity contribution in [1.29, 1.82) is 0 Å². The van der Waals surface area contributed by atoms with Gasteiger partial charge in [-0.2, -0.15) is 0 Å². The minimum absolute atomic E-state index is 0.0610. The number of amides is 1. The number of aromatic nitrogens is 1. The smallest absolute Gasteiger partial charge is 0.240 e. The van der Waals surface area contributed by atoms with Gasteiger partial charge in [0.25, 0.3) is 0 Å². The Bertz CT molecular complexity index is 596. The van der Waals surface area contributed by atoms with Gasteiger partial charge in [-0.1, -0.05) is 19.1 Å². The van der Waals surface area contributed by atoms with E-state index in [1.54, 1.807) is 0 Å². The van der Waals surface area contributed by atoms with Gasteiger partial charge in [0.2, 0.25) is 5.91 Å². The summed E-state index contributed by atoms with van der Waals surface area (Å²) < 4.78 is 2.00. The van der Waals surface area contributed by atoms with E-state index < -0.39 is 0 Å². The lowest BCUT2D eigenvalue weighted by Gasteiger charge is -2.24. The van der Waals surface area contributed by atoms with E-state index in [0.29, 0.717) is 6.54 Å². The van der Waals surface area contributed by atoms with Crippen LogP contribution in [-0.2, 0) is 11.3 Å². The molecule has 1 heterocycles. The van der Waals surface area contributed by atoms with E-state index in [-0.39, 0.29) is 11.4 Å². The number of fused-ring (bicyclic) bond motifs is 1.